The second-order valence-corrected chi connectivity index (χ2v) is 4.12. The van der Waals surface area contributed by atoms with Gasteiger partial charge in [0.15, 0.2) is 6.61 Å². The molecular weight excluding hydrogens is 282 g/mol. The maximum Gasteiger partial charge on any atom is 0.257 e. The summed E-state index contributed by atoms with van der Waals surface area (Å²) in [6.07, 6.45) is 2.80. The van der Waals surface area contributed by atoms with Gasteiger partial charge in [-0.2, -0.15) is 0 Å². The predicted octanol–water partition coefficient (Wildman–Crippen LogP) is 2.05. The monoisotopic (exact) mass is 293 g/mol. The highest BCUT2D eigenvalue weighted by Crippen LogP contribution is 2.26. The SMILES string of the molecule is CNC(=O)COc1ccc(Oc2ncncc2Cl)cc1. The fraction of sp³-hybridized carbons (Fsp3) is 0.154. The fourth-order valence-electron chi connectivity index (χ4n) is 1.31. The first-order chi connectivity index (χ1) is 9.69. The second-order valence-electron chi connectivity index (χ2n) is 3.71. The van der Waals surface area contributed by atoms with Crippen LogP contribution in [0.25, 0.3) is 0 Å². The number of halogens is 1. The molecule has 2 rings (SSSR count). The average Bonchev–Trinajstić information content (AvgIpc) is 2.48. The summed E-state index contributed by atoms with van der Waals surface area (Å²) in [6.45, 7) is -0.0333. The Morgan fingerprint density at radius 2 is 2.00 bits per heavy atom. The first-order valence-corrected chi connectivity index (χ1v) is 6.13. The second kappa shape index (κ2) is 6.72. The summed E-state index contributed by atoms with van der Waals surface area (Å²) in [6, 6.07) is 6.76. The predicted molar refractivity (Wildman–Crippen MR) is 73.1 cm³/mol. The van der Waals surface area contributed by atoms with Crippen molar-refractivity contribution in [1.29, 1.82) is 0 Å². The average molecular weight is 294 g/mol. The van der Waals surface area contributed by atoms with Crippen LogP contribution in [0.3, 0.4) is 0 Å². The Bertz CT molecular complexity index is 590. The maximum atomic E-state index is 11.0. The molecule has 7 heteroatoms. The van der Waals surface area contributed by atoms with Crippen LogP contribution in [0.5, 0.6) is 17.4 Å². The highest BCUT2D eigenvalue weighted by molar-refractivity contribution is 6.31. The number of ether oxygens (including phenoxy) is 2. The van der Waals surface area contributed by atoms with Gasteiger partial charge in [-0.1, -0.05) is 11.6 Å². The zero-order valence-corrected chi connectivity index (χ0v) is 11.4. The van der Waals surface area contributed by atoms with E-state index in [2.05, 4.69) is 15.3 Å². The van der Waals surface area contributed by atoms with Crippen LogP contribution in [-0.4, -0.2) is 29.5 Å². The number of amides is 1. The van der Waals surface area contributed by atoms with Crippen molar-refractivity contribution in [2.24, 2.45) is 0 Å². The van der Waals surface area contributed by atoms with Gasteiger partial charge in [-0.3, -0.25) is 4.79 Å². The van der Waals surface area contributed by atoms with Crippen molar-refractivity contribution < 1.29 is 14.3 Å². The smallest absolute Gasteiger partial charge is 0.257 e. The van der Waals surface area contributed by atoms with Gasteiger partial charge < -0.3 is 14.8 Å². The van der Waals surface area contributed by atoms with E-state index in [1.807, 2.05) is 0 Å². The van der Waals surface area contributed by atoms with Gasteiger partial charge >= 0.3 is 0 Å². The summed E-state index contributed by atoms with van der Waals surface area (Å²) < 4.78 is 10.8. The van der Waals surface area contributed by atoms with Crippen LogP contribution in [0.4, 0.5) is 0 Å². The molecule has 20 heavy (non-hydrogen) atoms. The molecule has 0 unspecified atom stereocenters. The molecule has 0 bridgehead atoms. The highest BCUT2D eigenvalue weighted by atomic mass is 35.5. The number of hydrogen-bond donors (Lipinski definition) is 1. The van der Waals surface area contributed by atoms with E-state index in [-0.39, 0.29) is 18.4 Å². The summed E-state index contributed by atoms with van der Waals surface area (Å²) in [5, 5.41) is 2.79. The number of likely N-dealkylation sites (N-methyl/N-ethyl adjacent to an activating group) is 1. The molecule has 0 saturated carbocycles. The van der Waals surface area contributed by atoms with Crippen molar-refractivity contribution in [3.05, 3.63) is 41.8 Å². The standard InChI is InChI=1S/C13H12ClN3O3/c1-15-12(18)7-19-9-2-4-10(5-3-9)20-13-11(14)6-16-8-17-13/h2-6,8H,7H2,1H3,(H,15,18). The number of nitrogens with one attached hydrogen (secondary N) is 1. The van der Waals surface area contributed by atoms with E-state index in [0.717, 1.165) is 0 Å². The van der Waals surface area contributed by atoms with Gasteiger partial charge in [0.2, 0.25) is 5.88 Å². The van der Waals surface area contributed by atoms with Gasteiger partial charge in [0.1, 0.15) is 22.8 Å². The maximum absolute atomic E-state index is 11.0. The van der Waals surface area contributed by atoms with Crippen LogP contribution in [0.2, 0.25) is 5.02 Å². The lowest BCUT2D eigenvalue weighted by atomic mass is 10.3. The van der Waals surface area contributed by atoms with E-state index in [4.69, 9.17) is 21.1 Å². The Hall–Kier alpha value is -2.34. The molecule has 2 aromatic rings. The molecule has 0 aliphatic heterocycles. The molecule has 0 saturated heterocycles. The third-order valence-electron chi connectivity index (χ3n) is 2.32. The highest BCUT2D eigenvalue weighted by Gasteiger charge is 2.05. The quantitative estimate of drug-likeness (QED) is 0.913. The van der Waals surface area contributed by atoms with Crippen molar-refractivity contribution in [3.63, 3.8) is 0 Å². The van der Waals surface area contributed by atoms with Crippen LogP contribution in [-0.2, 0) is 4.79 Å². The summed E-state index contributed by atoms with van der Waals surface area (Å²) in [5.74, 6) is 1.20. The number of carbonyl (C=O) groups excluding carboxylic acids is 1. The van der Waals surface area contributed by atoms with E-state index in [1.165, 1.54) is 12.5 Å². The molecule has 1 N–H and O–H groups in total. The van der Waals surface area contributed by atoms with Crippen LogP contribution < -0.4 is 14.8 Å². The van der Waals surface area contributed by atoms with Gasteiger partial charge in [0.25, 0.3) is 5.91 Å². The molecule has 1 heterocycles. The summed E-state index contributed by atoms with van der Waals surface area (Å²) >= 11 is 5.89. The fourth-order valence-corrected chi connectivity index (χ4v) is 1.46. The first-order valence-electron chi connectivity index (χ1n) is 5.76. The lowest BCUT2D eigenvalue weighted by molar-refractivity contribution is -0.122. The lowest BCUT2D eigenvalue weighted by Crippen LogP contribution is -2.24. The molecule has 0 aliphatic rings. The van der Waals surface area contributed by atoms with Crippen molar-refractivity contribution in [2.75, 3.05) is 13.7 Å². The minimum atomic E-state index is -0.196. The van der Waals surface area contributed by atoms with Crippen LogP contribution in [0.1, 0.15) is 0 Å². The molecule has 0 radical (unpaired) electrons. The van der Waals surface area contributed by atoms with Gasteiger partial charge in [0, 0.05) is 7.05 Å². The summed E-state index contributed by atoms with van der Waals surface area (Å²) in [5.41, 5.74) is 0. The number of aromatic nitrogens is 2. The summed E-state index contributed by atoms with van der Waals surface area (Å²) in [4.78, 5) is 18.7. The van der Waals surface area contributed by atoms with Crippen LogP contribution in [0.15, 0.2) is 36.8 Å². The zero-order valence-electron chi connectivity index (χ0n) is 10.7. The largest absolute Gasteiger partial charge is 0.484 e. The third-order valence-corrected chi connectivity index (χ3v) is 2.58. The molecule has 1 aromatic carbocycles. The minimum Gasteiger partial charge on any atom is -0.484 e. The Labute approximate surface area is 120 Å². The Kier molecular flexibility index (Phi) is 4.73. The Morgan fingerprint density at radius 3 is 2.65 bits per heavy atom. The molecular formula is C13H12ClN3O3. The lowest BCUT2D eigenvalue weighted by Gasteiger charge is -2.08. The number of rotatable bonds is 5. The van der Waals surface area contributed by atoms with Crippen molar-refractivity contribution in [3.8, 4) is 17.4 Å². The third kappa shape index (κ3) is 3.83. The van der Waals surface area contributed by atoms with Crippen LogP contribution in [0, 0.1) is 0 Å². The van der Waals surface area contributed by atoms with Gasteiger partial charge in [0.05, 0.1) is 6.20 Å². The topological polar surface area (TPSA) is 73.3 Å². The van der Waals surface area contributed by atoms with Crippen molar-refractivity contribution in [1.82, 2.24) is 15.3 Å². The van der Waals surface area contributed by atoms with E-state index in [9.17, 15) is 4.79 Å². The normalized spacial score (nSPS) is 9.90. The first kappa shape index (κ1) is 14.1. The van der Waals surface area contributed by atoms with Gasteiger partial charge in [-0.05, 0) is 24.3 Å². The Balaban J connectivity index is 1.98. The zero-order chi connectivity index (χ0) is 14.4. The van der Waals surface area contributed by atoms with E-state index < -0.39 is 0 Å². The van der Waals surface area contributed by atoms with E-state index in [0.29, 0.717) is 16.5 Å². The number of carbonyl (C=O) groups is 1. The van der Waals surface area contributed by atoms with Gasteiger partial charge in [-0.15, -0.1) is 0 Å². The van der Waals surface area contributed by atoms with E-state index >= 15 is 0 Å². The number of benzene rings is 1. The molecule has 0 aliphatic carbocycles. The molecule has 1 aromatic heterocycles. The molecule has 0 fully saturated rings. The Morgan fingerprint density at radius 1 is 1.30 bits per heavy atom. The van der Waals surface area contributed by atoms with E-state index in [1.54, 1.807) is 31.3 Å². The van der Waals surface area contributed by atoms with Crippen molar-refractivity contribution in [2.45, 2.75) is 0 Å². The van der Waals surface area contributed by atoms with Gasteiger partial charge in [-0.25, -0.2) is 9.97 Å². The molecule has 0 atom stereocenters. The van der Waals surface area contributed by atoms with Crippen LogP contribution >= 0.6 is 11.6 Å². The number of nitrogens with zero attached hydrogens (tertiary/aromatic N) is 2. The molecule has 6 nitrogen and oxygen atoms in total. The molecule has 104 valence electrons. The molecule has 1 amide bonds. The summed E-state index contributed by atoms with van der Waals surface area (Å²) in [7, 11) is 1.55. The van der Waals surface area contributed by atoms with Crippen molar-refractivity contribution >= 4 is 17.5 Å². The number of hydrogen-bond acceptors (Lipinski definition) is 5. The minimum absolute atomic E-state index is 0.0333. The molecule has 0 spiro atoms.